The van der Waals surface area contributed by atoms with E-state index < -0.39 is 0 Å². The van der Waals surface area contributed by atoms with Crippen molar-refractivity contribution < 1.29 is 14.7 Å². The summed E-state index contributed by atoms with van der Waals surface area (Å²) in [4.78, 5) is 32.4. The molecule has 4 N–H and O–H groups in total. The number of nitrogens with one attached hydrogen (secondary N) is 4. The zero-order valence-corrected chi connectivity index (χ0v) is 18.2. The highest BCUT2D eigenvalue weighted by Gasteiger charge is 2.22. The second-order valence-corrected chi connectivity index (χ2v) is 8.68. The van der Waals surface area contributed by atoms with Crippen LogP contribution in [-0.4, -0.2) is 37.1 Å². The number of likely N-dealkylation sites (tertiary alicyclic amines) is 1. The van der Waals surface area contributed by atoms with Crippen molar-refractivity contribution in [3.05, 3.63) is 75.8 Å². The first kappa shape index (κ1) is 21.2. The fourth-order valence-electron chi connectivity index (χ4n) is 4.61. The van der Waals surface area contributed by atoms with Gasteiger partial charge in [0.05, 0.1) is 30.5 Å². The predicted octanol–water partition coefficient (Wildman–Crippen LogP) is 1.31. The number of aromatic nitrogens is 2. The molecule has 1 aromatic carbocycles. The number of amides is 1. The van der Waals surface area contributed by atoms with Crippen LogP contribution in [0.4, 0.5) is 0 Å². The molecule has 162 valence electrons. The van der Waals surface area contributed by atoms with Crippen LogP contribution in [-0.2, 0) is 6.42 Å². The molecule has 4 rings (SSSR count). The van der Waals surface area contributed by atoms with Gasteiger partial charge in [0.25, 0.3) is 11.5 Å². The van der Waals surface area contributed by atoms with Crippen LogP contribution < -0.4 is 20.8 Å². The molecule has 0 atom stereocenters. The first-order valence-corrected chi connectivity index (χ1v) is 11.3. The van der Waals surface area contributed by atoms with Crippen molar-refractivity contribution in [2.45, 2.75) is 32.6 Å². The van der Waals surface area contributed by atoms with E-state index >= 15 is 0 Å². The number of aromatic amines is 2. The lowest BCUT2D eigenvalue weighted by Gasteiger charge is -2.29. The number of hydrogen-bond donors (Lipinski definition) is 3. The van der Waals surface area contributed by atoms with Gasteiger partial charge in [-0.2, -0.15) is 0 Å². The lowest BCUT2D eigenvalue weighted by Crippen LogP contribution is -3.13. The zero-order chi connectivity index (χ0) is 21.6. The molecule has 0 saturated carbocycles. The Morgan fingerprint density at radius 3 is 2.74 bits per heavy atom. The van der Waals surface area contributed by atoms with E-state index in [9.17, 15) is 9.59 Å². The third-order valence-corrected chi connectivity index (χ3v) is 6.44. The van der Waals surface area contributed by atoms with E-state index in [1.54, 1.807) is 23.2 Å². The van der Waals surface area contributed by atoms with Crippen molar-refractivity contribution in [2.24, 2.45) is 5.92 Å². The Hall–Kier alpha value is -2.99. The fraction of sp³-hybridized carbons (Fsp3) is 0.400. The van der Waals surface area contributed by atoms with Gasteiger partial charge >= 0.3 is 0 Å². The molecule has 1 amide bonds. The number of piperidine rings is 1. The minimum atomic E-state index is -0.346. The highest BCUT2D eigenvalue weighted by Crippen LogP contribution is 2.16. The number of rotatable bonds is 7. The van der Waals surface area contributed by atoms with Crippen LogP contribution in [0.2, 0.25) is 0 Å². The molecule has 0 unspecified atom stereocenters. The van der Waals surface area contributed by atoms with Gasteiger partial charge in [-0.1, -0.05) is 30.3 Å². The van der Waals surface area contributed by atoms with E-state index in [-0.39, 0.29) is 17.0 Å². The molecule has 0 spiro atoms. The zero-order valence-electron chi connectivity index (χ0n) is 18.2. The smallest absolute Gasteiger partial charge is 0.261 e. The summed E-state index contributed by atoms with van der Waals surface area (Å²) in [6.07, 6.45) is 6.41. The van der Waals surface area contributed by atoms with Crippen molar-refractivity contribution >= 4 is 16.8 Å². The molecule has 3 aromatic rings. The van der Waals surface area contributed by atoms with Crippen molar-refractivity contribution in [2.75, 3.05) is 26.2 Å². The molecule has 1 fully saturated rings. The van der Waals surface area contributed by atoms with Crippen LogP contribution in [0.3, 0.4) is 0 Å². The normalized spacial score (nSPS) is 18.7. The number of fused-ring (bicyclic) bond motifs is 1. The maximum absolute atomic E-state index is 12.5. The average Bonchev–Trinajstić information content (AvgIpc) is 2.78. The minimum Gasteiger partial charge on any atom is -0.352 e. The molecule has 0 aliphatic carbocycles. The number of H-pyrrole nitrogens is 2. The van der Waals surface area contributed by atoms with Gasteiger partial charge in [-0.3, -0.25) is 9.59 Å². The monoisotopic (exact) mass is 420 g/mol. The van der Waals surface area contributed by atoms with Gasteiger partial charge in [-0.15, -0.1) is 0 Å². The second kappa shape index (κ2) is 9.88. The summed E-state index contributed by atoms with van der Waals surface area (Å²) in [5.74, 6) is 0.481. The summed E-state index contributed by atoms with van der Waals surface area (Å²) in [5.41, 5.74) is 2.92. The molecular formula is C25H32N4O2+2. The van der Waals surface area contributed by atoms with Gasteiger partial charge in [0.2, 0.25) is 0 Å². The van der Waals surface area contributed by atoms with Crippen LogP contribution in [0.1, 0.15) is 40.9 Å². The Bertz CT molecular complexity index is 1090. The van der Waals surface area contributed by atoms with Crippen LogP contribution >= 0.6 is 0 Å². The minimum absolute atomic E-state index is 0.171. The Morgan fingerprint density at radius 2 is 1.97 bits per heavy atom. The van der Waals surface area contributed by atoms with Gasteiger partial charge in [-0.25, -0.2) is 4.98 Å². The number of hydrogen-bond acceptors (Lipinski definition) is 2. The molecule has 2 aromatic heterocycles. The number of pyridine rings is 2. The van der Waals surface area contributed by atoms with Gasteiger partial charge in [0, 0.05) is 26.0 Å². The third-order valence-electron chi connectivity index (χ3n) is 6.44. The molecule has 1 aliphatic heterocycles. The number of carbonyl (C=O) groups excluding carboxylic acids is 1. The van der Waals surface area contributed by atoms with Gasteiger partial charge in [0.1, 0.15) is 5.56 Å². The number of quaternary nitrogens is 1. The quantitative estimate of drug-likeness (QED) is 0.504. The Morgan fingerprint density at radius 1 is 1.19 bits per heavy atom. The Kier molecular flexibility index (Phi) is 6.77. The molecule has 0 bridgehead atoms. The molecule has 0 radical (unpaired) electrons. The average molecular weight is 421 g/mol. The van der Waals surface area contributed by atoms with Crippen molar-refractivity contribution in [1.29, 1.82) is 0 Å². The molecule has 6 nitrogen and oxygen atoms in total. The number of aryl methyl sites for hydroxylation is 1. The van der Waals surface area contributed by atoms with E-state index in [4.69, 9.17) is 0 Å². The molecule has 6 heteroatoms. The number of carbonyl (C=O) groups is 1. The first-order chi connectivity index (χ1) is 15.1. The summed E-state index contributed by atoms with van der Waals surface area (Å²) in [6, 6.07) is 14.2. The molecule has 1 aliphatic rings. The topological polar surface area (TPSA) is 80.5 Å². The second-order valence-electron chi connectivity index (χ2n) is 8.68. The van der Waals surface area contributed by atoms with Crippen LogP contribution in [0, 0.1) is 12.8 Å². The lowest BCUT2D eigenvalue weighted by molar-refractivity contribution is -0.906. The first-order valence-electron chi connectivity index (χ1n) is 11.3. The summed E-state index contributed by atoms with van der Waals surface area (Å²) in [6.45, 7) is 5.97. The Balaban J connectivity index is 1.21. The van der Waals surface area contributed by atoms with Gasteiger partial charge in [-0.05, 0) is 36.8 Å². The van der Waals surface area contributed by atoms with E-state index in [1.807, 2.05) is 6.92 Å². The molecular weight excluding hydrogens is 388 g/mol. The Labute approximate surface area is 182 Å². The fourth-order valence-corrected chi connectivity index (χ4v) is 4.61. The highest BCUT2D eigenvalue weighted by atomic mass is 16.2. The van der Waals surface area contributed by atoms with E-state index in [0.29, 0.717) is 6.54 Å². The third kappa shape index (κ3) is 5.39. The predicted molar refractivity (Wildman–Crippen MR) is 121 cm³/mol. The van der Waals surface area contributed by atoms with Gasteiger partial charge in [0.15, 0.2) is 11.9 Å². The van der Waals surface area contributed by atoms with Gasteiger partial charge < -0.3 is 15.2 Å². The summed E-state index contributed by atoms with van der Waals surface area (Å²) in [5, 5.41) is 3.78. The summed E-state index contributed by atoms with van der Waals surface area (Å²) in [7, 11) is 0. The highest BCUT2D eigenvalue weighted by molar-refractivity contribution is 5.97. The van der Waals surface area contributed by atoms with Crippen LogP contribution in [0.15, 0.2) is 53.5 Å². The van der Waals surface area contributed by atoms with Crippen LogP contribution in [0.5, 0.6) is 0 Å². The largest absolute Gasteiger partial charge is 0.352 e. The molecule has 1 saturated heterocycles. The molecule has 3 heterocycles. The maximum atomic E-state index is 12.5. The van der Waals surface area contributed by atoms with E-state index in [0.717, 1.165) is 35.5 Å². The van der Waals surface area contributed by atoms with Crippen molar-refractivity contribution in [3.8, 4) is 0 Å². The summed E-state index contributed by atoms with van der Waals surface area (Å²) >= 11 is 0. The number of benzene rings is 1. The van der Waals surface area contributed by atoms with Crippen LogP contribution in [0.25, 0.3) is 10.9 Å². The molecule has 31 heavy (non-hydrogen) atoms. The van der Waals surface area contributed by atoms with Crippen molar-refractivity contribution in [3.63, 3.8) is 0 Å². The SMILES string of the molecule is Cc1[nH+]ccc2[nH]c(=O)c(C(=O)NCCC[NH+]3CCC(Cc4ccccc4)CC3)cc12. The lowest BCUT2D eigenvalue weighted by atomic mass is 9.90. The van der Waals surface area contributed by atoms with Crippen molar-refractivity contribution in [1.82, 2.24) is 10.3 Å². The van der Waals surface area contributed by atoms with E-state index in [1.165, 1.54) is 37.9 Å². The standard InChI is InChI=1S/C25H30N4O2/c1-18-21-17-22(25(31)28-23(21)8-12-26-18)24(30)27-11-5-13-29-14-9-20(10-15-29)16-19-6-3-2-4-7-19/h2-4,6-8,12,17,20H,5,9-11,13-16H2,1H3,(H,27,30)(H,28,31)/p+2. The maximum Gasteiger partial charge on any atom is 0.261 e. The van der Waals surface area contributed by atoms with E-state index in [2.05, 4.69) is 45.6 Å². The summed E-state index contributed by atoms with van der Waals surface area (Å²) < 4.78 is 0.